The van der Waals surface area contributed by atoms with Crippen molar-refractivity contribution in [3.63, 3.8) is 0 Å². The third-order valence-corrected chi connectivity index (χ3v) is 59.0. The lowest BCUT2D eigenvalue weighted by Gasteiger charge is -2.45. The predicted octanol–water partition coefficient (Wildman–Crippen LogP) is 9.79. The molecule has 10 unspecified atom stereocenters. The molecule has 0 N–H and O–H groups in total. The molecule has 3 saturated heterocycles. The quantitative estimate of drug-likeness (QED) is 0.0434. The van der Waals surface area contributed by atoms with E-state index in [9.17, 15) is 0 Å². The smallest absolute Gasteiger partial charge is 0.359 e. The van der Waals surface area contributed by atoms with Gasteiger partial charge in [0.2, 0.25) is 0 Å². The van der Waals surface area contributed by atoms with Crippen LogP contribution in [0, 0.1) is 0 Å². The van der Waals surface area contributed by atoms with Crippen molar-refractivity contribution in [3.05, 3.63) is 125 Å². The van der Waals surface area contributed by atoms with Gasteiger partial charge in [0.05, 0.1) is 6.61 Å². The van der Waals surface area contributed by atoms with Crippen molar-refractivity contribution in [2.45, 2.75) is 174 Å². The Balaban J connectivity index is 0.802. The van der Waals surface area contributed by atoms with Crippen molar-refractivity contribution >= 4 is 109 Å². The first-order valence-electron chi connectivity index (χ1n) is 30.0. The van der Waals surface area contributed by atoms with E-state index in [-0.39, 0.29) is 11.5 Å². The van der Waals surface area contributed by atoms with Crippen LogP contribution in [0.4, 0.5) is 0 Å². The molecule has 82 heavy (non-hydrogen) atoms. The molecule has 4 aromatic rings. The first kappa shape index (κ1) is 67.9. The summed E-state index contributed by atoms with van der Waals surface area (Å²) in [6.07, 6.45) is 8.00. The second-order valence-corrected chi connectivity index (χ2v) is 54.5. The summed E-state index contributed by atoms with van der Waals surface area (Å²) in [6, 6.07) is 35.9. The Morgan fingerprint density at radius 3 is 1.21 bits per heavy atom. The second-order valence-electron chi connectivity index (χ2n) is 22.6. The summed E-state index contributed by atoms with van der Waals surface area (Å²) in [6.45, 7) is 31.4. The van der Waals surface area contributed by atoms with Gasteiger partial charge >= 0.3 is 34.2 Å². The molecule has 3 aliphatic rings. The topological polar surface area (TPSA) is 148 Å². The Morgan fingerprint density at radius 2 is 0.732 bits per heavy atom. The Bertz CT molecular complexity index is 2470. The fraction of sp³-hybridized carbons (Fsp3) is 0.556. The Kier molecular flexibility index (Phi) is 26.9. The van der Waals surface area contributed by atoms with Crippen LogP contribution >= 0.6 is 0 Å². The molecule has 10 atom stereocenters. The lowest BCUT2D eigenvalue weighted by Crippen LogP contribution is -2.65. The molecule has 0 aromatic heterocycles. The van der Waals surface area contributed by atoms with Crippen LogP contribution in [0.15, 0.2) is 97.1 Å². The highest BCUT2D eigenvalue weighted by Crippen LogP contribution is 2.33. The van der Waals surface area contributed by atoms with Gasteiger partial charge in [-0.25, -0.2) is 0 Å². The molecule has 456 valence electrons. The number of ether oxygens (including phenoxy) is 4. The summed E-state index contributed by atoms with van der Waals surface area (Å²) in [4.78, 5) is 0. The van der Waals surface area contributed by atoms with E-state index in [4.69, 9.17) is 68.3 Å². The predicted molar refractivity (Wildman–Crippen MR) is 352 cm³/mol. The monoisotopic (exact) mass is 1340 g/mol. The summed E-state index contributed by atoms with van der Waals surface area (Å²) in [5.74, 6) is 2.49. The van der Waals surface area contributed by atoms with Crippen LogP contribution in [0.2, 0.25) is 90.7 Å². The van der Waals surface area contributed by atoms with Crippen LogP contribution in [0.5, 0.6) is 17.2 Å². The maximum absolute atomic E-state index is 7.22. The summed E-state index contributed by atoms with van der Waals surface area (Å²) in [5, 5.41) is 0. The molecule has 4 aromatic carbocycles. The van der Waals surface area contributed by atoms with Gasteiger partial charge in [-0.2, -0.15) is 0 Å². The standard InChI is InChI=1S/C54H96O16Si12/c1-15-53(81(13)67-76(8)61-72(4)62-77(9)68-81)57-51-34-28-48(29-35-51)43-46-24-22-45(23-25-46)21-17-18-38-55-39-19-42-80(12)66-75(7)63-78(10)69-82(14,70-80)54(16-2)58-52-36-30-49(31-37-52)44-47-26-32-50(33-27-47)56-40-20-41-79(11)64-73(5)59-71(3)60-74(6)65-79/h22-37,53-54,71-78H,15-21,38-44H2,1-14H3. The van der Waals surface area contributed by atoms with Gasteiger partial charge in [0, 0.05) is 13.2 Å². The average Bonchev–Trinajstić information content (AvgIpc) is 3.52. The highest BCUT2D eigenvalue weighted by atomic mass is 28.5. The van der Waals surface area contributed by atoms with Gasteiger partial charge < -0.3 is 68.3 Å². The average molecular weight is 1340 g/mol. The first-order valence-corrected chi connectivity index (χ1v) is 56.7. The molecule has 7 rings (SSSR count). The molecule has 28 heteroatoms. The molecule has 16 nitrogen and oxygen atoms in total. The highest BCUT2D eigenvalue weighted by Gasteiger charge is 2.53. The van der Waals surface area contributed by atoms with E-state index in [1.54, 1.807) is 0 Å². The first-order chi connectivity index (χ1) is 39.1. The van der Waals surface area contributed by atoms with Gasteiger partial charge in [0.1, 0.15) is 28.7 Å². The maximum Gasteiger partial charge on any atom is 0.359 e. The van der Waals surface area contributed by atoms with Gasteiger partial charge in [-0.1, -0.05) is 74.5 Å². The fourth-order valence-electron chi connectivity index (χ4n) is 11.2. The van der Waals surface area contributed by atoms with Crippen LogP contribution in [0.25, 0.3) is 0 Å². The molecule has 3 heterocycles. The maximum atomic E-state index is 7.22. The molecule has 0 spiro atoms. The van der Waals surface area contributed by atoms with E-state index in [2.05, 4.69) is 189 Å². The summed E-state index contributed by atoms with van der Waals surface area (Å²) in [7, 11) is -25.3. The van der Waals surface area contributed by atoms with Crippen molar-refractivity contribution in [2.24, 2.45) is 0 Å². The SMILES string of the molecule is CCC(Oc1ccc(Cc2ccc(CCCCOCCC[Si]3(C)O[SiH](C)O[SiH](C)O[Si](C)(C(CC)Oc4ccc(Cc5ccc(OCCC[Si]6(C)O[SiH](C)O[SiH](C)O[SiH](C)O6)cc5)cc4)O3)cc2)cc1)[Si]1(C)O[SiH](C)O[SiH](C)O[SiH](C)O1. The van der Waals surface area contributed by atoms with Crippen LogP contribution in [-0.2, 0) is 73.4 Å². The van der Waals surface area contributed by atoms with Gasteiger partial charge in [-0.3, -0.25) is 0 Å². The summed E-state index contributed by atoms with van der Waals surface area (Å²) < 4.78 is 104. The minimum absolute atomic E-state index is 0.153. The van der Waals surface area contributed by atoms with Crippen molar-refractivity contribution < 1.29 is 68.3 Å². The summed E-state index contributed by atoms with van der Waals surface area (Å²) in [5.41, 5.74) is 5.89. The van der Waals surface area contributed by atoms with Gasteiger partial charge in [-0.05, 0) is 213 Å². The van der Waals surface area contributed by atoms with Crippen molar-refractivity contribution in [3.8, 4) is 17.2 Å². The number of hydrogen-bond donors (Lipinski definition) is 0. The lowest BCUT2D eigenvalue weighted by molar-refractivity contribution is 0.128. The van der Waals surface area contributed by atoms with E-state index in [1.807, 2.05) is 0 Å². The molecule has 0 aliphatic carbocycles. The van der Waals surface area contributed by atoms with Crippen LogP contribution in [0.3, 0.4) is 0 Å². The normalized spacial score (nSPS) is 31.0. The zero-order valence-corrected chi connectivity index (χ0v) is 64.7. The lowest BCUT2D eigenvalue weighted by atomic mass is 10.0. The number of hydrogen-bond acceptors (Lipinski definition) is 16. The number of benzene rings is 4. The molecule has 0 radical (unpaired) electrons. The zero-order valence-electron chi connectivity index (χ0n) is 51.4. The number of unbranched alkanes of at least 4 members (excludes halogenated alkanes) is 1. The van der Waals surface area contributed by atoms with E-state index >= 15 is 0 Å². The minimum Gasteiger partial charge on any atom is -0.494 e. The molecule has 3 aliphatic heterocycles. The minimum atomic E-state index is -2.95. The number of aryl methyl sites for hydroxylation is 1. The van der Waals surface area contributed by atoms with Crippen LogP contribution in [-0.4, -0.2) is 140 Å². The largest absolute Gasteiger partial charge is 0.494 e. The molecule has 3 fully saturated rings. The van der Waals surface area contributed by atoms with E-state index < -0.39 is 109 Å². The highest BCUT2D eigenvalue weighted by molar-refractivity contribution is 6.87. The Hall–Kier alpha value is -1.64. The van der Waals surface area contributed by atoms with Gasteiger partial charge in [-0.15, -0.1) is 0 Å². The van der Waals surface area contributed by atoms with Crippen molar-refractivity contribution in [1.82, 2.24) is 0 Å². The van der Waals surface area contributed by atoms with Crippen molar-refractivity contribution in [2.75, 3.05) is 19.8 Å². The molecular formula is C54H96O16Si12. The van der Waals surface area contributed by atoms with Gasteiger partial charge in [0.15, 0.2) is 0 Å². The van der Waals surface area contributed by atoms with Gasteiger partial charge in [0.25, 0.3) is 74.3 Å². The third kappa shape index (κ3) is 21.9. The Morgan fingerprint density at radius 1 is 0.378 bits per heavy atom. The molecular weight excluding hydrogens is 1240 g/mol. The van der Waals surface area contributed by atoms with E-state index in [0.29, 0.717) is 13.2 Å². The number of rotatable bonds is 26. The second kappa shape index (κ2) is 32.5. The third-order valence-electron chi connectivity index (χ3n) is 14.8. The molecule has 0 amide bonds. The van der Waals surface area contributed by atoms with Crippen LogP contribution in [0.1, 0.15) is 80.2 Å². The van der Waals surface area contributed by atoms with E-state index in [1.165, 1.54) is 27.8 Å². The fourth-order valence-corrected chi connectivity index (χ4v) is 58.4. The van der Waals surface area contributed by atoms with E-state index in [0.717, 1.165) is 93.7 Å². The zero-order chi connectivity index (χ0) is 58.9. The molecule has 0 bridgehead atoms. The Labute approximate surface area is 509 Å². The molecule has 0 saturated carbocycles. The summed E-state index contributed by atoms with van der Waals surface area (Å²) >= 11 is 0. The van der Waals surface area contributed by atoms with Crippen molar-refractivity contribution in [1.29, 1.82) is 0 Å². The van der Waals surface area contributed by atoms with Crippen LogP contribution < -0.4 is 14.2 Å².